The third-order valence-corrected chi connectivity index (χ3v) is 3.23. The Morgan fingerprint density at radius 1 is 1.22 bits per heavy atom. The molecule has 0 aliphatic heterocycles. The zero-order chi connectivity index (χ0) is 12.8. The molecule has 1 aromatic heterocycles. The summed E-state index contributed by atoms with van der Waals surface area (Å²) in [5.74, 6) is 0.847. The number of nitrogens with zero attached hydrogens (tertiary/aromatic N) is 2. The Balaban J connectivity index is 1.84. The van der Waals surface area contributed by atoms with Crippen LogP contribution in [0.4, 0.5) is 5.00 Å². The monoisotopic (exact) mass is 265 g/mol. The SMILES string of the molecule is CNc1snnc1COCc1ccc(OC)cc1. The summed E-state index contributed by atoms with van der Waals surface area (Å²) in [6.45, 7) is 1.00. The van der Waals surface area contributed by atoms with Gasteiger partial charge in [0.05, 0.1) is 20.3 Å². The van der Waals surface area contributed by atoms with Gasteiger partial charge in [-0.2, -0.15) is 0 Å². The summed E-state index contributed by atoms with van der Waals surface area (Å²) in [7, 11) is 3.50. The standard InChI is InChI=1S/C12H15N3O2S/c1-13-12-11(14-15-18-12)8-17-7-9-3-5-10(16-2)6-4-9/h3-6,13H,7-8H2,1-2H3. The first-order chi connectivity index (χ1) is 8.83. The van der Waals surface area contributed by atoms with Crippen LogP contribution in [0.5, 0.6) is 5.75 Å². The predicted molar refractivity (Wildman–Crippen MR) is 70.9 cm³/mol. The van der Waals surface area contributed by atoms with E-state index >= 15 is 0 Å². The van der Waals surface area contributed by atoms with Gasteiger partial charge < -0.3 is 14.8 Å². The van der Waals surface area contributed by atoms with E-state index in [-0.39, 0.29) is 0 Å². The van der Waals surface area contributed by atoms with Crippen LogP contribution in [0, 0.1) is 0 Å². The van der Waals surface area contributed by atoms with E-state index in [0.29, 0.717) is 13.2 Å². The van der Waals surface area contributed by atoms with Gasteiger partial charge in [-0.05, 0) is 17.7 Å². The van der Waals surface area contributed by atoms with Crippen LogP contribution >= 0.6 is 11.5 Å². The highest BCUT2D eigenvalue weighted by atomic mass is 32.1. The van der Waals surface area contributed by atoms with Gasteiger partial charge in [-0.1, -0.05) is 16.6 Å². The minimum absolute atomic E-state index is 0.457. The minimum Gasteiger partial charge on any atom is -0.497 e. The molecule has 0 fully saturated rings. The first-order valence-electron chi connectivity index (χ1n) is 5.53. The lowest BCUT2D eigenvalue weighted by Crippen LogP contribution is -1.98. The number of aromatic nitrogens is 2. The number of hydrogen-bond acceptors (Lipinski definition) is 6. The quantitative estimate of drug-likeness (QED) is 0.868. The van der Waals surface area contributed by atoms with Crippen molar-refractivity contribution in [2.75, 3.05) is 19.5 Å². The summed E-state index contributed by atoms with van der Waals surface area (Å²) in [5, 5.41) is 7.99. The van der Waals surface area contributed by atoms with E-state index in [2.05, 4.69) is 14.9 Å². The Kier molecular flexibility index (Phi) is 4.49. The Labute approximate surface area is 110 Å². The van der Waals surface area contributed by atoms with E-state index in [1.165, 1.54) is 11.5 Å². The molecule has 0 bridgehead atoms. The van der Waals surface area contributed by atoms with Gasteiger partial charge >= 0.3 is 0 Å². The van der Waals surface area contributed by atoms with Crippen molar-refractivity contribution in [3.05, 3.63) is 35.5 Å². The molecular formula is C12H15N3O2S. The normalized spacial score (nSPS) is 10.3. The van der Waals surface area contributed by atoms with Crippen molar-refractivity contribution in [2.45, 2.75) is 13.2 Å². The van der Waals surface area contributed by atoms with Crippen molar-refractivity contribution >= 4 is 16.5 Å². The third-order valence-electron chi connectivity index (χ3n) is 2.45. The topological polar surface area (TPSA) is 56.3 Å². The van der Waals surface area contributed by atoms with E-state index in [9.17, 15) is 0 Å². The van der Waals surface area contributed by atoms with Crippen molar-refractivity contribution in [1.82, 2.24) is 9.59 Å². The molecule has 0 spiro atoms. The fourth-order valence-corrected chi connectivity index (χ4v) is 2.00. The number of benzene rings is 1. The predicted octanol–water partition coefficient (Wildman–Crippen LogP) is 2.31. The van der Waals surface area contributed by atoms with Crippen molar-refractivity contribution < 1.29 is 9.47 Å². The molecule has 0 saturated carbocycles. The molecular weight excluding hydrogens is 250 g/mol. The molecule has 1 N–H and O–H groups in total. The zero-order valence-corrected chi connectivity index (χ0v) is 11.2. The van der Waals surface area contributed by atoms with E-state index in [0.717, 1.165) is 22.0 Å². The number of nitrogens with one attached hydrogen (secondary N) is 1. The molecule has 2 rings (SSSR count). The summed E-state index contributed by atoms with van der Waals surface area (Å²) in [5.41, 5.74) is 1.95. The smallest absolute Gasteiger partial charge is 0.135 e. The second-order valence-corrected chi connectivity index (χ2v) is 4.39. The highest BCUT2D eigenvalue weighted by Gasteiger charge is 2.05. The fraction of sp³-hybridized carbons (Fsp3) is 0.333. The Morgan fingerprint density at radius 3 is 2.67 bits per heavy atom. The maximum Gasteiger partial charge on any atom is 0.135 e. The summed E-state index contributed by atoms with van der Waals surface area (Å²) >= 11 is 1.33. The molecule has 1 aromatic carbocycles. The molecule has 0 radical (unpaired) electrons. The van der Waals surface area contributed by atoms with E-state index in [1.807, 2.05) is 31.3 Å². The highest BCUT2D eigenvalue weighted by Crippen LogP contribution is 2.18. The Morgan fingerprint density at radius 2 is 2.00 bits per heavy atom. The van der Waals surface area contributed by atoms with Crippen molar-refractivity contribution in [2.24, 2.45) is 0 Å². The number of ether oxygens (including phenoxy) is 2. The molecule has 0 unspecified atom stereocenters. The van der Waals surface area contributed by atoms with Crippen LogP contribution < -0.4 is 10.1 Å². The van der Waals surface area contributed by atoms with Gasteiger partial charge in [0.2, 0.25) is 0 Å². The fourth-order valence-electron chi connectivity index (χ4n) is 1.48. The van der Waals surface area contributed by atoms with Crippen LogP contribution in [0.3, 0.4) is 0 Å². The third kappa shape index (κ3) is 3.18. The summed E-state index contributed by atoms with van der Waals surface area (Å²) in [6.07, 6.45) is 0. The lowest BCUT2D eigenvalue weighted by atomic mass is 10.2. The lowest BCUT2D eigenvalue weighted by molar-refractivity contribution is 0.105. The molecule has 2 aromatic rings. The summed E-state index contributed by atoms with van der Waals surface area (Å²) in [6, 6.07) is 7.80. The van der Waals surface area contributed by atoms with Gasteiger partial charge in [0, 0.05) is 18.6 Å². The number of hydrogen-bond donors (Lipinski definition) is 1. The van der Waals surface area contributed by atoms with Crippen LogP contribution in [0.25, 0.3) is 0 Å². The maximum atomic E-state index is 5.60. The number of methoxy groups -OCH3 is 1. The van der Waals surface area contributed by atoms with E-state index in [1.54, 1.807) is 7.11 Å². The molecule has 5 nitrogen and oxygen atoms in total. The first-order valence-corrected chi connectivity index (χ1v) is 6.30. The van der Waals surface area contributed by atoms with Crippen LogP contribution in [-0.4, -0.2) is 23.7 Å². The van der Waals surface area contributed by atoms with Crippen molar-refractivity contribution in [3.8, 4) is 5.75 Å². The van der Waals surface area contributed by atoms with Gasteiger partial charge in [-0.3, -0.25) is 0 Å². The molecule has 0 saturated heterocycles. The first kappa shape index (κ1) is 12.8. The maximum absolute atomic E-state index is 5.60. The van der Waals surface area contributed by atoms with E-state index in [4.69, 9.17) is 9.47 Å². The van der Waals surface area contributed by atoms with Gasteiger partial charge in [-0.25, -0.2) is 0 Å². The number of anilines is 1. The molecule has 96 valence electrons. The van der Waals surface area contributed by atoms with Crippen LogP contribution in [0.1, 0.15) is 11.3 Å². The van der Waals surface area contributed by atoms with Crippen molar-refractivity contribution in [1.29, 1.82) is 0 Å². The second-order valence-electron chi connectivity index (χ2n) is 3.64. The molecule has 6 heteroatoms. The molecule has 0 aliphatic rings. The average Bonchev–Trinajstić information content (AvgIpc) is 2.87. The highest BCUT2D eigenvalue weighted by molar-refractivity contribution is 7.10. The largest absolute Gasteiger partial charge is 0.497 e. The second kappa shape index (κ2) is 6.32. The van der Waals surface area contributed by atoms with Crippen LogP contribution in [-0.2, 0) is 18.0 Å². The lowest BCUT2D eigenvalue weighted by Gasteiger charge is -2.05. The molecule has 0 aliphatic carbocycles. The van der Waals surface area contributed by atoms with Gasteiger partial charge in [0.1, 0.15) is 16.4 Å². The minimum atomic E-state index is 0.457. The summed E-state index contributed by atoms with van der Waals surface area (Å²) in [4.78, 5) is 0. The molecule has 0 atom stereocenters. The van der Waals surface area contributed by atoms with Gasteiger partial charge in [-0.15, -0.1) is 5.10 Å². The summed E-state index contributed by atoms with van der Waals surface area (Å²) < 4.78 is 14.6. The van der Waals surface area contributed by atoms with Crippen LogP contribution in [0.15, 0.2) is 24.3 Å². The number of rotatable bonds is 6. The Hall–Kier alpha value is -1.66. The molecule has 1 heterocycles. The zero-order valence-electron chi connectivity index (χ0n) is 10.3. The van der Waals surface area contributed by atoms with Crippen molar-refractivity contribution in [3.63, 3.8) is 0 Å². The average molecular weight is 265 g/mol. The molecule has 18 heavy (non-hydrogen) atoms. The van der Waals surface area contributed by atoms with Gasteiger partial charge in [0.25, 0.3) is 0 Å². The molecule has 0 amide bonds. The Bertz CT molecular complexity index is 484. The van der Waals surface area contributed by atoms with E-state index < -0.39 is 0 Å². The van der Waals surface area contributed by atoms with Gasteiger partial charge in [0.15, 0.2) is 0 Å². The van der Waals surface area contributed by atoms with Crippen LogP contribution in [0.2, 0.25) is 0 Å².